The lowest BCUT2D eigenvalue weighted by atomic mass is 10.1. The number of hydrogen-bond acceptors (Lipinski definition) is 4. The number of ether oxygens (including phenoxy) is 1. The fraction of sp³-hybridized carbons (Fsp3) is 0.611. The minimum atomic E-state index is -0.177. The number of methoxy groups -OCH3 is 1. The molecule has 1 aromatic rings. The molecule has 1 fully saturated rings. The Morgan fingerprint density at radius 1 is 1.24 bits per heavy atom. The topological polar surface area (TPSA) is 58.8 Å². The van der Waals surface area contributed by atoms with Crippen molar-refractivity contribution in [3.8, 4) is 0 Å². The number of nitrogens with two attached hydrogens (primary N) is 1. The van der Waals surface area contributed by atoms with E-state index < -0.39 is 0 Å². The fourth-order valence-corrected chi connectivity index (χ4v) is 3.00. The number of hydrogen-bond donors (Lipinski definition) is 1. The minimum absolute atomic E-state index is 0. The molecular weight excluding hydrogens is 361 g/mol. The van der Waals surface area contributed by atoms with Crippen LogP contribution >= 0.6 is 24.8 Å². The van der Waals surface area contributed by atoms with E-state index in [0.29, 0.717) is 19.0 Å². The summed E-state index contributed by atoms with van der Waals surface area (Å²) in [6.07, 6.45) is 1.20. The van der Waals surface area contributed by atoms with E-state index in [-0.39, 0.29) is 36.8 Å². The molecule has 2 N–H and O–H groups in total. The summed E-state index contributed by atoms with van der Waals surface area (Å²) in [5.74, 6) is 0.149. The van der Waals surface area contributed by atoms with E-state index in [1.165, 1.54) is 5.56 Å². The Morgan fingerprint density at radius 2 is 1.92 bits per heavy atom. The first kappa shape index (κ1) is 24.1. The molecule has 1 amide bonds. The molecule has 7 heteroatoms. The van der Waals surface area contributed by atoms with E-state index in [0.717, 1.165) is 32.6 Å². The van der Waals surface area contributed by atoms with Crippen LogP contribution in [0.25, 0.3) is 0 Å². The van der Waals surface area contributed by atoms with Crippen molar-refractivity contribution < 1.29 is 9.53 Å². The van der Waals surface area contributed by atoms with Crippen molar-refractivity contribution in [2.24, 2.45) is 5.73 Å². The normalized spacial score (nSPS) is 19.3. The zero-order valence-corrected chi connectivity index (χ0v) is 16.7. The number of carbonyl (C=O) groups is 1. The Morgan fingerprint density at radius 3 is 2.52 bits per heavy atom. The zero-order valence-electron chi connectivity index (χ0n) is 15.1. The summed E-state index contributed by atoms with van der Waals surface area (Å²) < 4.78 is 5.23. The van der Waals surface area contributed by atoms with Crippen molar-refractivity contribution in [1.29, 1.82) is 0 Å². The van der Waals surface area contributed by atoms with Crippen LogP contribution in [0.5, 0.6) is 0 Å². The summed E-state index contributed by atoms with van der Waals surface area (Å²) in [6.45, 7) is 6.06. The Balaban J connectivity index is 0.00000288. The van der Waals surface area contributed by atoms with Crippen molar-refractivity contribution in [3.05, 3.63) is 35.9 Å². The van der Waals surface area contributed by atoms with E-state index >= 15 is 0 Å². The molecule has 1 aliphatic rings. The van der Waals surface area contributed by atoms with Crippen molar-refractivity contribution in [1.82, 2.24) is 9.80 Å². The molecule has 25 heavy (non-hydrogen) atoms. The van der Waals surface area contributed by atoms with Gasteiger partial charge in [0.2, 0.25) is 5.91 Å². The number of amides is 1. The first-order valence-electron chi connectivity index (χ1n) is 8.42. The Labute approximate surface area is 163 Å². The standard InChI is InChI=1S/C18H29N3O2.2ClH/c1-15-8-9-20(18(22)12-17(13-19)23-2)10-11-21(15)14-16-6-4-3-5-7-16;;/h3-7,15,17H,8-14,19H2,1-2H3;2*1H. The number of rotatable bonds is 6. The smallest absolute Gasteiger partial charge is 0.225 e. The Kier molecular flexibility index (Phi) is 12.1. The van der Waals surface area contributed by atoms with Crippen LogP contribution in [0.1, 0.15) is 25.3 Å². The quantitative estimate of drug-likeness (QED) is 0.807. The van der Waals surface area contributed by atoms with Crippen LogP contribution < -0.4 is 5.73 Å². The van der Waals surface area contributed by atoms with Gasteiger partial charge in [0.1, 0.15) is 0 Å². The van der Waals surface area contributed by atoms with Gasteiger partial charge >= 0.3 is 0 Å². The van der Waals surface area contributed by atoms with Gasteiger partial charge in [0.25, 0.3) is 0 Å². The summed E-state index contributed by atoms with van der Waals surface area (Å²) >= 11 is 0. The molecule has 0 aliphatic carbocycles. The summed E-state index contributed by atoms with van der Waals surface area (Å²) in [7, 11) is 1.61. The van der Waals surface area contributed by atoms with Gasteiger partial charge in [0, 0.05) is 45.9 Å². The van der Waals surface area contributed by atoms with Gasteiger partial charge in [-0.25, -0.2) is 0 Å². The van der Waals surface area contributed by atoms with E-state index in [4.69, 9.17) is 10.5 Å². The van der Waals surface area contributed by atoms with Crippen LogP contribution in [0.15, 0.2) is 30.3 Å². The van der Waals surface area contributed by atoms with Crippen molar-refractivity contribution in [2.45, 2.75) is 38.5 Å². The average Bonchev–Trinajstić information content (AvgIpc) is 2.76. The summed E-state index contributed by atoms with van der Waals surface area (Å²) in [5, 5.41) is 0. The molecule has 0 bridgehead atoms. The lowest BCUT2D eigenvalue weighted by Crippen LogP contribution is -2.38. The molecule has 144 valence electrons. The molecule has 5 nitrogen and oxygen atoms in total. The van der Waals surface area contributed by atoms with E-state index in [1.54, 1.807) is 7.11 Å². The minimum Gasteiger partial charge on any atom is -0.380 e. The predicted octanol–water partition coefficient (Wildman–Crippen LogP) is 2.32. The van der Waals surface area contributed by atoms with Gasteiger partial charge in [0.05, 0.1) is 12.5 Å². The molecule has 0 radical (unpaired) electrons. The average molecular weight is 392 g/mol. The second kappa shape index (κ2) is 12.5. The van der Waals surface area contributed by atoms with Crippen LogP contribution in [0.4, 0.5) is 0 Å². The Bertz CT molecular complexity index is 486. The van der Waals surface area contributed by atoms with E-state index in [9.17, 15) is 4.79 Å². The maximum absolute atomic E-state index is 12.4. The monoisotopic (exact) mass is 391 g/mol. The largest absolute Gasteiger partial charge is 0.380 e. The van der Waals surface area contributed by atoms with Gasteiger partial charge in [-0.3, -0.25) is 9.69 Å². The summed E-state index contributed by atoms with van der Waals surface area (Å²) in [6, 6.07) is 11.0. The lowest BCUT2D eigenvalue weighted by molar-refractivity contribution is -0.133. The molecular formula is C18H31Cl2N3O2. The summed E-state index contributed by atoms with van der Waals surface area (Å²) in [5.41, 5.74) is 6.94. The molecule has 2 rings (SSSR count). The number of benzene rings is 1. The second-order valence-corrected chi connectivity index (χ2v) is 6.27. The second-order valence-electron chi connectivity index (χ2n) is 6.27. The van der Waals surface area contributed by atoms with Gasteiger partial charge in [-0.1, -0.05) is 30.3 Å². The van der Waals surface area contributed by atoms with Crippen LogP contribution in [-0.2, 0) is 16.1 Å². The maximum Gasteiger partial charge on any atom is 0.225 e. The molecule has 1 saturated heterocycles. The molecule has 0 spiro atoms. The fourth-order valence-electron chi connectivity index (χ4n) is 3.00. The van der Waals surface area contributed by atoms with Crippen molar-refractivity contribution in [2.75, 3.05) is 33.3 Å². The third-order valence-electron chi connectivity index (χ3n) is 4.68. The van der Waals surface area contributed by atoms with Gasteiger partial charge in [-0.15, -0.1) is 24.8 Å². The summed E-state index contributed by atoms with van der Waals surface area (Å²) in [4.78, 5) is 16.8. The maximum atomic E-state index is 12.4. The SMILES string of the molecule is COC(CN)CC(=O)N1CCC(C)N(Cc2ccccc2)CC1.Cl.Cl. The zero-order chi connectivity index (χ0) is 16.7. The van der Waals surface area contributed by atoms with Gasteiger partial charge < -0.3 is 15.4 Å². The molecule has 2 atom stereocenters. The third-order valence-corrected chi connectivity index (χ3v) is 4.68. The highest BCUT2D eigenvalue weighted by Gasteiger charge is 2.25. The number of halogens is 2. The van der Waals surface area contributed by atoms with Crippen LogP contribution in [-0.4, -0.2) is 61.1 Å². The molecule has 0 saturated carbocycles. The number of carbonyl (C=O) groups excluding carboxylic acids is 1. The highest BCUT2D eigenvalue weighted by molar-refractivity contribution is 5.85. The predicted molar refractivity (Wildman–Crippen MR) is 106 cm³/mol. The first-order valence-corrected chi connectivity index (χ1v) is 8.42. The molecule has 1 heterocycles. The molecule has 1 aromatic carbocycles. The molecule has 2 unspecified atom stereocenters. The number of nitrogens with zero attached hydrogens (tertiary/aromatic N) is 2. The molecule has 0 aromatic heterocycles. The van der Waals surface area contributed by atoms with E-state index in [1.807, 2.05) is 11.0 Å². The first-order chi connectivity index (χ1) is 11.1. The Hall–Kier alpha value is -0.850. The highest BCUT2D eigenvalue weighted by atomic mass is 35.5. The van der Waals surface area contributed by atoms with Crippen LogP contribution in [0.2, 0.25) is 0 Å². The van der Waals surface area contributed by atoms with Crippen LogP contribution in [0, 0.1) is 0 Å². The third kappa shape index (κ3) is 7.50. The highest BCUT2D eigenvalue weighted by Crippen LogP contribution is 2.15. The van der Waals surface area contributed by atoms with Gasteiger partial charge in [-0.05, 0) is 18.9 Å². The molecule has 1 aliphatic heterocycles. The van der Waals surface area contributed by atoms with Gasteiger partial charge in [-0.2, -0.15) is 0 Å². The van der Waals surface area contributed by atoms with Gasteiger partial charge in [0.15, 0.2) is 0 Å². The van der Waals surface area contributed by atoms with Crippen molar-refractivity contribution in [3.63, 3.8) is 0 Å². The van der Waals surface area contributed by atoms with E-state index in [2.05, 4.69) is 36.1 Å². The lowest BCUT2D eigenvalue weighted by Gasteiger charge is -2.26. The van der Waals surface area contributed by atoms with Crippen molar-refractivity contribution >= 4 is 30.7 Å². The van der Waals surface area contributed by atoms with Crippen LogP contribution in [0.3, 0.4) is 0 Å².